The van der Waals surface area contributed by atoms with Gasteiger partial charge in [-0.05, 0) is 43.3 Å². The van der Waals surface area contributed by atoms with Crippen LogP contribution in [0.25, 0.3) is 16.9 Å². The van der Waals surface area contributed by atoms with Crippen LogP contribution in [0.1, 0.15) is 17.0 Å². The first kappa shape index (κ1) is 18.6. The second-order valence-corrected chi connectivity index (χ2v) is 7.45. The van der Waals surface area contributed by atoms with Crippen LogP contribution < -0.4 is 4.90 Å². The number of fused-ring (bicyclic) bond motifs is 2. The van der Waals surface area contributed by atoms with Crippen molar-refractivity contribution >= 4 is 22.4 Å². The summed E-state index contributed by atoms with van der Waals surface area (Å²) < 4.78 is 21.4. The van der Waals surface area contributed by atoms with Gasteiger partial charge in [0, 0.05) is 35.8 Å². The van der Waals surface area contributed by atoms with E-state index in [1.807, 2.05) is 41.6 Å². The predicted octanol–water partition coefficient (Wildman–Crippen LogP) is 4.41. The monoisotopic (exact) mass is 404 g/mol. The molecule has 2 aromatic heterocycles. The predicted molar refractivity (Wildman–Crippen MR) is 113 cm³/mol. The molecule has 1 aliphatic heterocycles. The summed E-state index contributed by atoms with van der Waals surface area (Å²) in [5.74, 6) is 1.12. The Balaban J connectivity index is 1.73. The number of anilines is 2. The number of ether oxygens (including phenoxy) is 1. The van der Waals surface area contributed by atoms with Crippen LogP contribution in [0.4, 0.5) is 15.9 Å². The number of hydrogen-bond acceptors (Lipinski definition) is 5. The molecule has 1 aliphatic rings. The lowest BCUT2D eigenvalue weighted by Crippen LogP contribution is -2.22. The Bertz CT molecular complexity index is 1270. The van der Waals surface area contributed by atoms with E-state index in [4.69, 9.17) is 14.7 Å². The van der Waals surface area contributed by atoms with Crippen LogP contribution >= 0.6 is 0 Å². The van der Waals surface area contributed by atoms with E-state index in [-0.39, 0.29) is 11.6 Å². The number of aryl methyl sites for hydroxylation is 1. The highest BCUT2D eigenvalue weighted by Gasteiger charge is 2.23. The minimum absolute atomic E-state index is 0.220. The lowest BCUT2D eigenvalue weighted by atomic mass is 10.1. The SMILES string of the molecule is Cc1cc2c(O)cccc2n1-c1nc2c(c(N(C)c3cccc(F)c3)n1)COCC2. The number of hydrogen-bond donors (Lipinski definition) is 1. The van der Waals surface area contributed by atoms with Crippen LogP contribution in [-0.2, 0) is 17.8 Å². The zero-order chi connectivity index (χ0) is 20.8. The fraction of sp³-hybridized carbons (Fsp3) is 0.217. The molecule has 0 bridgehead atoms. The van der Waals surface area contributed by atoms with E-state index in [9.17, 15) is 9.50 Å². The van der Waals surface area contributed by atoms with Crippen molar-refractivity contribution in [1.82, 2.24) is 14.5 Å². The van der Waals surface area contributed by atoms with E-state index in [1.165, 1.54) is 12.1 Å². The Morgan fingerprint density at radius 2 is 1.97 bits per heavy atom. The van der Waals surface area contributed by atoms with Gasteiger partial charge in [0.05, 0.1) is 24.4 Å². The third kappa shape index (κ3) is 2.98. The number of phenols is 1. The molecule has 1 N–H and O–H groups in total. The van der Waals surface area contributed by atoms with Gasteiger partial charge in [-0.2, -0.15) is 4.98 Å². The molecule has 6 nitrogen and oxygen atoms in total. The van der Waals surface area contributed by atoms with Crippen molar-refractivity contribution in [3.63, 3.8) is 0 Å². The number of aromatic nitrogens is 3. The van der Waals surface area contributed by atoms with Gasteiger partial charge in [0.2, 0.25) is 5.95 Å². The first-order valence-electron chi connectivity index (χ1n) is 9.80. The zero-order valence-corrected chi connectivity index (χ0v) is 16.8. The number of phenolic OH excluding ortho intramolecular Hbond substituents is 1. The molecule has 3 heterocycles. The third-order valence-electron chi connectivity index (χ3n) is 5.51. The number of halogens is 1. The molecule has 30 heavy (non-hydrogen) atoms. The van der Waals surface area contributed by atoms with Crippen LogP contribution in [-0.4, -0.2) is 33.3 Å². The van der Waals surface area contributed by atoms with E-state index in [1.54, 1.807) is 18.2 Å². The topological polar surface area (TPSA) is 63.4 Å². The first-order valence-corrected chi connectivity index (χ1v) is 9.80. The van der Waals surface area contributed by atoms with Crippen LogP contribution in [0, 0.1) is 12.7 Å². The maximum absolute atomic E-state index is 13.8. The molecule has 152 valence electrons. The molecule has 0 atom stereocenters. The lowest BCUT2D eigenvalue weighted by molar-refractivity contribution is 0.109. The molecule has 0 radical (unpaired) electrons. The molecule has 0 amide bonds. The van der Waals surface area contributed by atoms with Gasteiger partial charge in [0.25, 0.3) is 0 Å². The summed E-state index contributed by atoms with van der Waals surface area (Å²) in [6.07, 6.45) is 0.679. The van der Waals surface area contributed by atoms with E-state index < -0.39 is 0 Å². The van der Waals surface area contributed by atoms with E-state index >= 15 is 0 Å². The van der Waals surface area contributed by atoms with Crippen LogP contribution in [0.5, 0.6) is 5.75 Å². The summed E-state index contributed by atoms with van der Waals surface area (Å²) >= 11 is 0. The second kappa shape index (κ2) is 7.11. The number of benzene rings is 2. The van der Waals surface area contributed by atoms with Crippen LogP contribution in [0.15, 0.2) is 48.5 Å². The van der Waals surface area contributed by atoms with Crippen molar-refractivity contribution in [2.45, 2.75) is 20.0 Å². The van der Waals surface area contributed by atoms with Gasteiger partial charge in [-0.3, -0.25) is 4.57 Å². The second-order valence-electron chi connectivity index (χ2n) is 7.45. The van der Waals surface area contributed by atoms with Gasteiger partial charge in [0.15, 0.2) is 0 Å². The van der Waals surface area contributed by atoms with E-state index in [0.29, 0.717) is 37.1 Å². The molecule has 5 rings (SSSR count). The summed E-state index contributed by atoms with van der Waals surface area (Å²) in [5.41, 5.74) is 4.27. The van der Waals surface area contributed by atoms with Crippen molar-refractivity contribution in [3.8, 4) is 11.7 Å². The van der Waals surface area contributed by atoms with Crippen molar-refractivity contribution in [3.05, 3.63) is 71.3 Å². The quantitative estimate of drug-likeness (QED) is 0.548. The van der Waals surface area contributed by atoms with Crippen molar-refractivity contribution < 1.29 is 14.2 Å². The number of nitrogens with zero attached hydrogens (tertiary/aromatic N) is 4. The maximum Gasteiger partial charge on any atom is 0.236 e. The molecule has 0 aliphatic carbocycles. The van der Waals surface area contributed by atoms with E-state index in [0.717, 1.165) is 27.9 Å². The molecule has 0 saturated carbocycles. The summed E-state index contributed by atoms with van der Waals surface area (Å²) in [4.78, 5) is 11.6. The van der Waals surface area contributed by atoms with Crippen LogP contribution in [0.3, 0.4) is 0 Å². The van der Waals surface area contributed by atoms with Gasteiger partial charge in [0.1, 0.15) is 17.4 Å². The highest BCUT2D eigenvalue weighted by molar-refractivity contribution is 5.88. The Kier molecular flexibility index (Phi) is 4.40. The fourth-order valence-corrected chi connectivity index (χ4v) is 4.00. The average molecular weight is 404 g/mol. The smallest absolute Gasteiger partial charge is 0.236 e. The number of rotatable bonds is 3. The largest absolute Gasteiger partial charge is 0.507 e. The van der Waals surface area contributed by atoms with E-state index in [2.05, 4.69) is 0 Å². The number of aromatic hydroxyl groups is 1. The minimum atomic E-state index is -0.304. The van der Waals surface area contributed by atoms with Crippen molar-refractivity contribution in [2.75, 3.05) is 18.6 Å². The molecule has 0 unspecified atom stereocenters. The Hall–Kier alpha value is -3.45. The molecule has 2 aromatic carbocycles. The molecular weight excluding hydrogens is 383 g/mol. The molecule has 0 fully saturated rings. The molecule has 0 saturated heterocycles. The summed E-state index contributed by atoms with van der Waals surface area (Å²) in [6.45, 7) is 2.97. The van der Waals surface area contributed by atoms with Crippen LogP contribution in [0.2, 0.25) is 0 Å². The normalized spacial score (nSPS) is 13.4. The fourth-order valence-electron chi connectivity index (χ4n) is 4.00. The lowest BCUT2D eigenvalue weighted by Gasteiger charge is -2.26. The Morgan fingerprint density at radius 3 is 2.80 bits per heavy atom. The summed E-state index contributed by atoms with van der Waals surface area (Å²) in [7, 11) is 1.86. The zero-order valence-electron chi connectivity index (χ0n) is 16.8. The van der Waals surface area contributed by atoms with Gasteiger partial charge in [-0.1, -0.05) is 12.1 Å². The van der Waals surface area contributed by atoms with Gasteiger partial charge in [-0.25, -0.2) is 9.37 Å². The van der Waals surface area contributed by atoms with Gasteiger partial charge >= 0.3 is 0 Å². The molecule has 4 aromatic rings. The molecular formula is C23H21FN4O2. The third-order valence-corrected chi connectivity index (χ3v) is 5.51. The molecule has 0 spiro atoms. The van der Waals surface area contributed by atoms with Crippen molar-refractivity contribution in [1.29, 1.82) is 0 Å². The highest BCUT2D eigenvalue weighted by atomic mass is 19.1. The Morgan fingerprint density at radius 1 is 1.13 bits per heavy atom. The van der Waals surface area contributed by atoms with Gasteiger partial charge in [-0.15, -0.1) is 0 Å². The minimum Gasteiger partial charge on any atom is -0.507 e. The standard InChI is InChI=1S/C23H21FN4O2/c1-14-11-17-20(7-4-8-21(17)29)28(14)23-25-19-9-10-30-13-18(19)22(26-23)27(2)16-6-3-5-15(24)12-16/h3-8,11-12,29H,9-10,13H2,1-2H3. The average Bonchev–Trinajstić information content (AvgIpc) is 3.09. The summed E-state index contributed by atoms with van der Waals surface area (Å²) in [5, 5.41) is 11.0. The molecule has 7 heteroatoms. The highest BCUT2D eigenvalue weighted by Crippen LogP contribution is 2.33. The maximum atomic E-state index is 13.8. The first-order chi connectivity index (χ1) is 14.5. The van der Waals surface area contributed by atoms with Crippen molar-refractivity contribution in [2.24, 2.45) is 0 Å². The van der Waals surface area contributed by atoms with Gasteiger partial charge < -0.3 is 14.7 Å². The Labute approximate surface area is 173 Å². The summed E-state index contributed by atoms with van der Waals surface area (Å²) in [6, 6.07) is 13.7.